The molecule has 1 aliphatic heterocycles. The molecule has 0 aliphatic carbocycles. The Morgan fingerprint density at radius 3 is 2.88 bits per heavy atom. The van der Waals surface area contributed by atoms with Gasteiger partial charge in [0, 0.05) is 18.7 Å². The third-order valence-corrected chi connectivity index (χ3v) is 3.13. The molecule has 1 fully saturated rings. The highest BCUT2D eigenvalue weighted by molar-refractivity contribution is 5.26. The molecule has 0 amide bonds. The number of H-pyrrole nitrogens is 1. The zero-order valence-corrected chi connectivity index (χ0v) is 9.27. The number of aromatic nitrogens is 2. The topological polar surface area (TPSA) is 84.1 Å². The fourth-order valence-corrected chi connectivity index (χ4v) is 2.15. The Morgan fingerprint density at radius 1 is 1.56 bits per heavy atom. The average Bonchev–Trinajstić information content (AvgIpc) is 2.57. The van der Waals surface area contributed by atoms with E-state index in [-0.39, 0.29) is 5.82 Å². The number of likely N-dealkylation sites (tertiary alicyclic amines) is 1. The maximum absolute atomic E-state index is 11.6. The third kappa shape index (κ3) is 2.01. The molecule has 0 aromatic carbocycles. The minimum absolute atomic E-state index is 0.231. The minimum Gasteiger partial charge on any atom is -0.385 e. The van der Waals surface area contributed by atoms with Gasteiger partial charge in [-0.05, 0) is 26.4 Å². The van der Waals surface area contributed by atoms with Gasteiger partial charge < -0.3 is 10.6 Å². The Labute approximate surface area is 92.7 Å². The monoisotopic (exact) mass is 224 g/mol. The summed E-state index contributed by atoms with van der Waals surface area (Å²) in [6, 6.07) is 1.57. The lowest BCUT2D eigenvalue weighted by molar-refractivity contribution is 0.280. The molecule has 2 rings (SSSR count). The van der Waals surface area contributed by atoms with Gasteiger partial charge >= 0.3 is 5.69 Å². The molecule has 2 heterocycles. The second-order valence-corrected chi connectivity index (χ2v) is 4.25. The van der Waals surface area contributed by atoms with E-state index in [2.05, 4.69) is 9.88 Å². The highest BCUT2D eigenvalue weighted by Crippen LogP contribution is 2.16. The Hall–Kier alpha value is -1.56. The molecule has 0 saturated carbocycles. The first-order chi connectivity index (χ1) is 7.58. The summed E-state index contributed by atoms with van der Waals surface area (Å²) in [6.07, 6.45) is 2.20. The van der Waals surface area contributed by atoms with Crippen LogP contribution in [0.15, 0.2) is 15.7 Å². The van der Waals surface area contributed by atoms with Crippen molar-refractivity contribution in [2.24, 2.45) is 0 Å². The number of aromatic amines is 1. The van der Waals surface area contributed by atoms with Crippen molar-refractivity contribution >= 4 is 5.82 Å². The van der Waals surface area contributed by atoms with Gasteiger partial charge in [-0.25, -0.2) is 4.79 Å². The van der Waals surface area contributed by atoms with Crippen molar-refractivity contribution < 1.29 is 0 Å². The zero-order valence-electron chi connectivity index (χ0n) is 9.27. The Balaban J connectivity index is 2.28. The number of anilines is 1. The fourth-order valence-electron chi connectivity index (χ4n) is 2.15. The van der Waals surface area contributed by atoms with Crippen LogP contribution >= 0.6 is 0 Å². The number of hydrogen-bond donors (Lipinski definition) is 2. The molecule has 1 atom stereocenters. The van der Waals surface area contributed by atoms with Crippen molar-refractivity contribution in [1.29, 1.82) is 0 Å². The summed E-state index contributed by atoms with van der Waals surface area (Å²) in [5.41, 5.74) is 4.80. The zero-order chi connectivity index (χ0) is 11.7. The van der Waals surface area contributed by atoms with Gasteiger partial charge in [-0.1, -0.05) is 0 Å². The molecule has 16 heavy (non-hydrogen) atoms. The van der Waals surface area contributed by atoms with Crippen LogP contribution in [0.1, 0.15) is 12.8 Å². The Morgan fingerprint density at radius 2 is 2.31 bits per heavy atom. The van der Waals surface area contributed by atoms with Crippen LogP contribution in [-0.2, 0) is 6.54 Å². The molecular formula is C10H16N4O2. The van der Waals surface area contributed by atoms with Gasteiger partial charge in [-0.3, -0.25) is 14.3 Å². The van der Waals surface area contributed by atoms with Crippen molar-refractivity contribution in [2.45, 2.75) is 25.4 Å². The molecule has 0 radical (unpaired) electrons. The van der Waals surface area contributed by atoms with E-state index in [1.165, 1.54) is 10.6 Å². The van der Waals surface area contributed by atoms with Crippen LogP contribution in [0.4, 0.5) is 5.82 Å². The van der Waals surface area contributed by atoms with Gasteiger partial charge in [0.25, 0.3) is 5.56 Å². The van der Waals surface area contributed by atoms with Crippen LogP contribution in [0.2, 0.25) is 0 Å². The summed E-state index contributed by atoms with van der Waals surface area (Å²) >= 11 is 0. The van der Waals surface area contributed by atoms with E-state index in [1.54, 1.807) is 0 Å². The summed E-state index contributed by atoms with van der Waals surface area (Å²) in [4.78, 5) is 27.0. The SMILES string of the molecule is CN1CCCC1Cn1c(N)cc(=O)[nH]c1=O. The number of nitrogens with two attached hydrogens (primary N) is 1. The molecule has 1 aromatic rings. The molecule has 1 aromatic heterocycles. The molecule has 1 unspecified atom stereocenters. The molecule has 6 nitrogen and oxygen atoms in total. The Bertz CT molecular complexity index is 490. The maximum Gasteiger partial charge on any atom is 0.329 e. The Kier molecular flexibility index (Phi) is 2.82. The van der Waals surface area contributed by atoms with E-state index < -0.39 is 11.2 Å². The van der Waals surface area contributed by atoms with Gasteiger partial charge in [-0.15, -0.1) is 0 Å². The van der Waals surface area contributed by atoms with E-state index in [0.717, 1.165) is 19.4 Å². The first-order valence-corrected chi connectivity index (χ1v) is 5.38. The van der Waals surface area contributed by atoms with Gasteiger partial charge in [0.2, 0.25) is 0 Å². The number of nitrogens with zero attached hydrogens (tertiary/aromatic N) is 2. The van der Waals surface area contributed by atoms with E-state index in [0.29, 0.717) is 12.6 Å². The number of likely N-dealkylation sites (N-methyl/N-ethyl adjacent to an activating group) is 1. The summed E-state index contributed by atoms with van der Waals surface area (Å²) < 4.78 is 1.42. The quantitative estimate of drug-likeness (QED) is 0.689. The normalized spacial score (nSPS) is 21.4. The van der Waals surface area contributed by atoms with Crippen LogP contribution in [0.5, 0.6) is 0 Å². The lowest BCUT2D eigenvalue weighted by Gasteiger charge is -2.20. The molecule has 1 saturated heterocycles. The standard InChI is InChI=1S/C10H16N4O2/c1-13-4-2-3-7(13)6-14-8(11)5-9(15)12-10(14)16/h5,7H,2-4,6,11H2,1H3,(H,12,15,16). The van der Waals surface area contributed by atoms with Crippen LogP contribution < -0.4 is 17.0 Å². The molecule has 0 spiro atoms. The highest BCUT2D eigenvalue weighted by atomic mass is 16.2. The fraction of sp³-hybridized carbons (Fsp3) is 0.600. The van der Waals surface area contributed by atoms with Crippen molar-refractivity contribution in [3.63, 3.8) is 0 Å². The summed E-state index contributed by atoms with van der Waals surface area (Å²) in [5, 5.41) is 0. The molecule has 1 aliphatic rings. The number of hydrogen-bond acceptors (Lipinski definition) is 4. The summed E-state index contributed by atoms with van der Waals surface area (Å²) in [5.74, 6) is 0.231. The van der Waals surface area contributed by atoms with Crippen LogP contribution in [-0.4, -0.2) is 34.1 Å². The molecule has 88 valence electrons. The first kappa shape index (κ1) is 10.9. The van der Waals surface area contributed by atoms with Gasteiger partial charge in [-0.2, -0.15) is 0 Å². The first-order valence-electron chi connectivity index (χ1n) is 5.38. The molecule has 3 N–H and O–H groups in total. The second kappa shape index (κ2) is 4.13. The maximum atomic E-state index is 11.6. The van der Waals surface area contributed by atoms with Gasteiger partial charge in [0.15, 0.2) is 0 Å². The predicted octanol–water partition coefficient (Wildman–Crippen LogP) is -0.787. The summed E-state index contributed by atoms with van der Waals surface area (Å²) in [7, 11) is 2.03. The molecule has 0 bridgehead atoms. The van der Waals surface area contributed by atoms with E-state index in [4.69, 9.17) is 5.73 Å². The largest absolute Gasteiger partial charge is 0.385 e. The van der Waals surface area contributed by atoms with E-state index >= 15 is 0 Å². The number of nitrogens with one attached hydrogen (secondary N) is 1. The van der Waals surface area contributed by atoms with Gasteiger partial charge in [0.05, 0.1) is 0 Å². The highest BCUT2D eigenvalue weighted by Gasteiger charge is 2.22. The van der Waals surface area contributed by atoms with Crippen molar-refractivity contribution in [3.05, 3.63) is 26.9 Å². The predicted molar refractivity (Wildman–Crippen MR) is 61.4 cm³/mol. The lowest BCUT2D eigenvalue weighted by Crippen LogP contribution is -2.38. The number of nitrogen functional groups attached to an aromatic ring is 1. The third-order valence-electron chi connectivity index (χ3n) is 3.13. The number of rotatable bonds is 2. The van der Waals surface area contributed by atoms with Crippen molar-refractivity contribution in [2.75, 3.05) is 19.3 Å². The van der Waals surface area contributed by atoms with Crippen molar-refractivity contribution in [3.8, 4) is 0 Å². The summed E-state index contributed by atoms with van der Waals surface area (Å²) in [6.45, 7) is 1.58. The smallest absolute Gasteiger partial charge is 0.329 e. The lowest BCUT2D eigenvalue weighted by atomic mass is 10.2. The van der Waals surface area contributed by atoms with E-state index in [1.807, 2.05) is 7.05 Å². The van der Waals surface area contributed by atoms with E-state index in [9.17, 15) is 9.59 Å². The van der Waals surface area contributed by atoms with Gasteiger partial charge in [0.1, 0.15) is 5.82 Å². The second-order valence-electron chi connectivity index (χ2n) is 4.25. The van der Waals surface area contributed by atoms with Crippen molar-refractivity contribution in [1.82, 2.24) is 14.5 Å². The minimum atomic E-state index is -0.446. The van der Waals surface area contributed by atoms with Crippen LogP contribution in [0, 0.1) is 0 Å². The molecule has 6 heteroatoms. The van der Waals surface area contributed by atoms with Crippen LogP contribution in [0.25, 0.3) is 0 Å². The molecular weight excluding hydrogens is 208 g/mol. The average molecular weight is 224 g/mol. The van der Waals surface area contributed by atoms with Crippen LogP contribution in [0.3, 0.4) is 0 Å².